The van der Waals surface area contributed by atoms with Crippen molar-refractivity contribution in [1.82, 2.24) is 15.5 Å². The first kappa shape index (κ1) is 14.3. The molecular weight excluding hydrogens is 240 g/mol. The van der Waals surface area contributed by atoms with Gasteiger partial charge < -0.3 is 15.1 Å². The lowest BCUT2D eigenvalue weighted by Gasteiger charge is -2.19. The molecule has 108 valence electrons. The normalized spacial score (nSPS) is 28.5. The van der Waals surface area contributed by atoms with Crippen LogP contribution in [-0.2, 0) is 0 Å². The molecule has 0 bridgehead atoms. The monoisotopic (exact) mass is 266 g/mol. The Morgan fingerprint density at radius 1 is 1.32 bits per heavy atom. The molecule has 5 heteroatoms. The average molecular weight is 266 g/mol. The molecule has 0 radical (unpaired) electrons. The van der Waals surface area contributed by atoms with Crippen LogP contribution in [0, 0.1) is 11.8 Å². The van der Waals surface area contributed by atoms with Gasteiger partial charge in [0.05, 0.1) is 6.04 Å². The summed E-state index contributed by atoms with van der Waals surface area (Å²) < 4.78 is 5.68. The van der Waals surface area contributed by atoms with Crippen molar-refractivity contribution >= 4 is 6.01 Å². The van der Waals surface area contributed by atoms with E-state index in [9.17, 15) is 0 Å². The SMILES string of the molecule is CCNC(C)c1nnc(NC2CCC(CC)C2C)o1. The highest BCUT2D eigenvalue weighted by Gasteiger charge is 2.32. The summed E-state index contributed by atoms with van der Waals surface area (Å²) in [5.41, 5.74) is 0. The first-order valence-electron chi connectivity index (χ1n) is 7.49. The molecule has 0 aliphatic heterocycles. The van der Waals surface area contributed by atoms with E-state index in [-0.39, 0.29) is 6.04 Å². The molecule has 0 spiro atoms. The predicted molar refractivity (Wildman–Crippen MR) is 76.0 cm³/mol. The fourth-order valence-electron chi connectivity index (χ4n) is 3.05. The van der Waals surface area contributed by atoms with Crippen molar-refractivity contribution in [1.29, 1.82) is 0 Å². The van der Waals surface area contributed by atoms with E-state index in [2.05, 4.69) is 41.6 Å². The van der Waals surface area contributed by atoms with Gasteiger partial charge in [0.2, 0.25) is 5.89 Å². The second-order valence-corrected chi connectivity index (χ2v) is 5.58. The van der Waals surface area contributed by atoms with Gasteiger partial charge in [-0.1, -0.05) is 32.3 Å². The summed E-state index contributed by atoms with van der Waals surface area (Å²) in [5, 5.41) is 14.9. The Labute approximate surface area is 115 Å². The van der Waals surface area contributed by atoms with Crippen LogP contribution < -0.4 is 10.6 Å². The Bertz CT molecular complexity index is 393. The molecule has 2 rings (SSSR count). The lowest BCUT2D eigenvalue weighted by Crippen LogP contribution is -2.24. The lowest BCUT2D eigenvalue weighted by atomic mass is 9.94. The topological polar surface area (TPSA) is 63.0 Å². The van der Waals surface area contributed by atoms with E-state index in [1.807, 2.05) is 6.92 Å². The molecule has 1 aliphatic carbocycles. The number of rotatable bonds is 6. The number of aromatic nitrogens is 2. The zero-order valence-corrected chi connectivity index (χ0v) is 12.4. The predicted octanol–water partition coefficient (Wildman–Crippen LogP) is 2.98. The van der Waals surface area contributed by atoms with Gasteiger partial charge in [0.1, 0.15) is 0 Å². The Morgan fingerprint density at radius 2 is 2.11 bits per heavy atom. The Hall–Kier alpha value is -1.10. The fraction of sp³-hybridized carbons (Fsp3) is 0.857. The summed E-state index contributed by atoms with van der Waals surface area (Å²) in [6.45, 7) is 9.58. The summed E-state index contributed by atoms with van der Waals surface area (Å²) in [5.74, 6) is 2.15. The summed E-state index contributed by atoms with van der Waals surface area (Å²) in [4.78, 5) is 0. The van der Waals surface area contributed by atoms with Gasteiger partial charge in [-0.25, -0.2) is 0 Å². The first-order valence-corrected chi connectivity index (χ1v) is 7.49. The van der Waals surface area contributed by atoms with Gasteiger partial charge in [0.25, 0.3) is 0 Å². The highest BCUT2D eigenvalue weighted by molar-refractivity contribution is 5.21. The van der Waals surface area contributed by atoms with Gasteiger partial charge in [-0.2, -0.15) is 0 Å². The summed E-state index contributed by atoms with van der Waals surface area (Å²) in [7, 11) is 0. The van der Waals surface area contributed by atoms with Crippen LogP contribution in [0.1, 0.15) is 58.9 Å². The zero-order chi connectivity index (χ0) is 13.8. The van der Waals surface area contributed by atoms with Crippen LogP contribution in [0.25, 0.3) is 0 Å². The molecule has 1 saturated carbocycles. The van der Waals surface area contributed by atoms with E-state index < -0.39 is 0 Å². The van der Waals surface area contributed by atoms with Crippen LogP contribution in [-0.4, -0.2) is 22.8 Å². The number of anilines is 1. The van der Waals surface area contributed by atoms with E-state index in [0.717, 1.165) is 12.5 Å². The molecule has 4 atom stereocenters. The maximum Gasteiger partial charge on any atom is 0.315 e. The quantitative estimate of drug-likeness (QED) is 0.828. The molecule has 1 aromatic heterocycles. The van der Waals surface area contributed by atoms with E-state index in [1.54, 1.807) is 0 Å². The average Bonchev–Trinajstić information content (AvgIpc) is 2.99. The number of nitrogens with zero attached hydrogens (tertiary/aromatic N) is 2. The highest BCUT2D eigenvalue weighted by atomic mass is 16.4. The standard InChI is InChI=1S/C14H26N4O/c1-5-11-7-8-12(9(11)3)16-14-18-17-13(19-14)10(4)15-6-2/h9-12,15H,5-8H2,1-4H3,(H,16,18). The molecule has 0 amide bonds. The third-order valence-corrected chi connectivity index (χ3v) is 4.38. The molecule has 1 heterocycles. The van der Waals surface area contributed by atoms with Crippen molar-refractivity contribution in [2.24, 2.45) is 11.8 Å². The minimum Gasteiger partial charge on any atom is -0.406 e. The minimum absolute atomic E-state index is 0.109. The van der Waals surface area contributed by atoms with E-state index in [1.165, 1.54) is 19.3 Å². The molecule has 0 saturated heterocycles. The zero-order valence-electron chi connectivity index (χ0n) is 12.4. The molecule has 4 unspecified atom stereocenters. The summed E-state index contributed by atoms with van der Waals surface area (Å²) in [6.07, 6.45) is 3.75. The second-order valence-electron chi connectivity index (χ2n) is 5.58. The lowest BCUT2D eigenvalue weighted by molar-refractivity contribution is 0.383. The van der Waals surface area contributed by atoms with Crippen molar-refractivity contribution in [3.05, 3.63) is 5.89 Å². The summed E-state index contributed by atoms with van der Waals surface area (Å²) >= 11 is 0. The van der Waals surface area contributed by atoms with Gasteiger partial charge in [0, 0.05) is 6.04 Å². The van der Waals surface area contributed by atoms with Crippen LogP contribution in [0.15, 0.2) is 4.42 Å². The van der Waals surface area contributed by atoms with Gasteiger partial charge in [-0.15, -0.1) is 5.10 Å². The van der Waals surface area contributed by atoms with Gasteiger partial charge in [0.15, 0.2) is 0 Å². The number of hydrogen-bond acceptors (Lipinski definition) is 5. The molecule has 1 fully saturated rings. The molecule has 0 aromatic carbocycles. The van der Waals surface area contributed by atoms with Crippen molar-refractivity contribution in [2.45, 2.75) is 59.0 Å². The van der Waals surface area contributed by atoms with Gasteiger partial charge in [-0.05, 0) is 38.1 Å². The Balaban J connectivity index is 1.93. The van der Waals surface area contributed by atoms with E-state index in [0.29, 0.717) is 23.9 Å². The molecule has 5 nitrogen and oxygen atoms in total. The Morgan fingerprint density at radius 3 is 2.74 bits per heavy atom. The van der Waals surface area contributed by atoms with Crippen LogP contribution >= 0.6 is 0 Å². The highest BCUT2D eigenvalue weighted by Crippen LogP contribution is 2.35. The number of nitrogens with one attached hydrogen (secondary N) is 2. The third kappa shape index (κ3) is 3.26. The van der Waals surface area contributed by atoms with Crippen LogP contribution in [0.2, 0.25) is 0 Å². The minimum atomic E-state index is 0.109. The van der Waals surface area contributed by atoms with Crippen LogP contribution in [0.3, 0.4) is 0 Å². The largest absolute Gasteiger partial charge is 0.406 e. The van der Waals surface area contributed by atoms with E-state index in [4.69, 9.17) is 4.42 Å². The molecule has 1 aliphatic rings. The van der Waals surface area contributed by atoms with Crippen LogP contribution in [0.4, 0.5) is 6.01 Å². The maximum atomic E-state index is 5.68. The Kier molecular flexibility index (Phi) is 4.80. The molecule has 19 heavy (non-hydrogen) atoms. The third-order valence-electron chi connectivity index (χ3n) is 4.38. The fourth-order valence-corrected chi connectivity index (χ4v) is 3.05. The van der Waals surface area contributed by atoms with Crippen molar-refractivity contribution in [3.8, 4) is 0 Å². The van der Waals surface area contributed by atoms with Crippen LogP contribution in [0.5, 0.6) is 0 Å². The first-order chi connectivity index (χ1) is 9.15. The summed E-state index contributed by atoms with van der Waals surface area (Å²) in [6, 6.07) is 1.14. The smallest absolute Gasteiger partial charge is 0.315 e. The number of hydrogen-bond donors (Lipinski definition) is 2. The second kappa shape index (κ2) is 6.37. The molecular formula is C14H26N4O. The van der Waals surface area contributed by atoms with Gasteiger partial charge >= 0.3 is 6.01 Å². The van der Waals surface area contributed by atoms with Crippen molar-refractivity contribution in [2.75, 3.05) is 11.9 Å². The van der Waals surface area contributed by atoms with Gasteiger partial charge in [-0.3, -0.25) is 0 Å². The molecule has 1 aromatic rings. The maximum absolute atomic E-state index is 5.68. The molecule has 2 N–H and O–H groups in total. The van der Waals surface area contributed by atoms with Crippen molar-refractivity contribution < 1.29 is 4.42 Å². The van der Waals surface area contributed by atoms with Crippen molar-refractivity contribution in [3.63, 3.8) is 0 Å². The van der Waals surface area contributed by atoms with E-state index >= 15 is 0 Å².